The Morgan fingerprint density at radius 1 is 0.620 bits per heavy atom. The molecule has 0 aromatic rings. The second kappa shape index (κ2) is 15.7. The molecule has 4 rings (SSSR count). The Bertz CT molecular complexity index is 1170. The molecule has 1 unspecified atom stereocenters. The summed E-state index contributed by atoms with van der Waals surface area (Å²) in [4.78, 5) is 23.9. The van der Waals surface area contributed by atoms with E-state index in [1.165, 1.54) is 0 Å². The van der Waals surface area contributed by atoms with Crippen LogP contribution in [0.5, 0.6) is 0 Å². The third kappa shape index (κ3) is 6.86. The molecule has 16 N–H and O–H groups in total. The Balaban J connectivity index is 1.88. The van der Waals surface area contributed by atoms with Crippen molar-refractivity contribution in [1.82, 2.24) is 0 Å². The number of carbonyl (C=O) groups is 2. The highest BCUT2D eigenvalue weighted by molar-refractivity contribution is 5.90. The minimum absolute atomic E-state index is 1.03. The molecule has 0 spiro atoms. The zero-order chi connectivity index (χ0) is 37.6. The van der Waals surface area contributed by atoms with Crippen LogP contribution in [0.2, 0.25) is 0 Å². The SMILES string of the molecule is O=C(O)CC(=O)OC([C@H]1OC[C@@](O)([C@H]2O[C@@H](CO)[C@H](O)[C@@H](O)[C@@H]2O)[C@](O)([C@H]2O[C@@H](CO)[C@H](O)[C@@H](O)[C@@H]2O)[C@@H]1O)[C@@H]1O[C@H](CO)[C@@H](O)[C@H](O)[C@H]1O. The lowest BCUT2D eigenvalue weighted by molar-refractivity contribution is -0.397. The van der Waals surface area contributed by atoms with E-state index < -0.39 is 166 Å². The van der Waals surface area contributed by atoms with Gasteiger partial charge in [-0.15, -0.1) is 0 Å². The van der Waals surface area contributed by atoms with Gasteiger partial charge in [-0.05, 0) is 0 Å². The van der Waals surface area contributed by atoms with Crippen LogP contribution in [0.25, 0.3) is 0 Å². The Kier molecular flexibility index (Phi) is 12.8. The number of aliphatic hydroxyl groups is 15. The second-order valence-corrected chi connectivity index (χ2v) is 12.8. The van der Waals surface area contributed by atoms with Gasteiger partial charge in [-0.25, -0.2) is 0 Å². The quantitative estimate of drug-likeness (QED) is 0.0731. The smallest absolute Gasteiger partial charge is 0.317 e. The molecule has 0 amide bonds. The molecule has 50 heavy (non-hydrogen) atoms. The fraction of sp³-hybridized carbons (Fsp3) is 0.926. The molecule has 0 saturated carbocycles. The molecule has 290 valence electrons. The lowest BCUT2D eigenvalue weighted by Crippen LogP contribution is -2.85. The van der Waals surface area contributed by atoms with E-state index >= 15 is 0 Å². The van der Waals surface area contributed by atoms with Crippen LogP contribution in [0.4, 0.5) is 0 Å². The van der Waals surface area contributed by atoms with Crippen molar-refractivity contribution in [3.8, 4) is 0 Å². The number of carboxylic acids is 1. The van der Waals surface area contributed by atoms with Crippen molar-refractivity contribution in [2.24, 2.45) is 0 Å². The fourth-order valence-corrected chi connectivity index (χ4v) is 6.94. The first-order chi connectivity index (χ1) is 23.3. The van der Waals surface area contributed by atoms with Crippen molar-refractivity contribution in [2.75, 3.05) is 26.4 Å². The van der Waals surface area contributed by atoms with Crippen LogP contribution in [-0.4, -0.2) is 241 Å². The molecule has 4 heterocycles. The lowest BCUT2D eigenvalue weighted by Gasteiger charge is -2.61. The number of aliphatic carboxylic acids is 1. The van der Waals surface area contributed by atoms with Gasteiger partial charge < -0.3 is 105 Å². The predicted molar refractivity (Wildman–Crippen MR) is 149 cm³/mol. The fourth-order valence-electron chi connectivity index (χ4n) is 6.94. The monoisotopic (exact) mass is 736 g/mol. The molecule has 4 fully saturated rings. The van der Waals surface area contributed by atoms with Gasteiger partial charge in [0, 0.05) is 0 Å². The zero-order valence-electron chi connectivity index (χ0n) is 25.9. The standard InChI is InChI=1S/C27H44O23/c28-2-6-11(34)14(37)17(40)20(47-6)21(50-10(33)1-9(31)32)22-23(43)27(45,25-19(42)16(39)13(36)8(4-30)49-25)26(44,5-46-22)24-18(41)15(38)12(35)7(3-29)48-24/h6-8,11-25,28-30,34-45H,1-5H2,(H,31,32)/t6-,7+,8+,11-,12+,13+,14+,15-,16-,17-,18+,19+,20-,21?,22-,23-,24+,25+,26-,27-/m1/s1. The van der Waals surface area contributed by atoms with E-state index in [9.17, 15) is 86.2 Å². The Morgan fingerprint density at radius 3 is 1.54 bits per heavy atom. The summed E-state index contributed by atoms with van der Waals surface area (Å²) >= 11 is 0. The third-order valence-corrected chi connectivity index (χ3v) is 9.78. The number of carbonyl (C=O) groups excluding carboxylic acids is 1. The summed E-state index contributed by atoms with van der Waals surface area (Å²) in [6.45, 7) is -4.66. The molecule has 4 aliphatic heterocycles. The molecule has 0 aromatic heterocycles. The highest BCUT2D eigenvalue weighted by Gasteiger charge is 2.74. The van der Waals surface area contributed by atoms with Gasteiger partial charge in [-0.3, -0.25) is 9.59 Å². The Labute approximate surface area is 281 Å². The minimum atomic E-state index is -3.66. The largest absolute Gasteiger partial charge is 0.481 e. The number of aliphatic hydroxyl groups excluding tert-OH is 13. The van der Waals surface area contributed by atoms with E-state index in [1.54, 1.807) is 0 Å². The van der Waals surface area contributed by atoms with Gasteiger partial charge in [0.15, 0.2) is 17.3 Å². The van der Waals surface area contributed by atoms with Crippen LogP contribution in [-0.2, 0) is 33.3 Å². The van der Waals surface area contributed by atoms with E-state index in [2.05, 4.69) is 0 Å². The van der Waals surface area contributed by atoms with Gasteiger partial charge >= 0.3 is 11.9 Å². The van der Waals surface area contributed by atoms with Gasteiger partial charge in [0.05, 0.1) is 26.4 Å². The maximum Gasteiger partial charge on any atom is 0.317 e. The third-order valence-electron chi connectivity index (χ3n) is 9.78. The van der Waals surface area contributed by atoms with Gasteiger partial charge in [0.2, 0.25) is 0 Å². The summed E-state index contributed by atoms with van der Waals surface area (Å²) in [7, 11) is 0. The molecule has 4 saturated heterocycles. The maximum atomic E-state index is 12.7. The second-order valence-electron chi connectivity index (χ2n) is 12.8. The van der Waals surface area contributed by atoms with Crippen LogP contribution in [0.3, 0.4) is 0 Å². The zero-order valence-corrected chi connectivity index (χ0v) is 25.9. The average Bonchev–Trinajstić information content (AvgIpc) is 3.07. The first-order valence-corrected chi connectivity index (χ1v) is 15.4. The number of ether oxygens (including phenoxy) is 5. The number of carboxylic acid groups (broad SMARTS) is 1. The number of esters is 1. The summed E-state index contributed by atoms with van der Waals surface area (Å²) in [6.07, 6.45) is -41.5. The number of hydrogen-bond donors (Lipinski definition) is 16. The van der Waals surface area contributed by atoms with E-state index in [1.807, 2.05) is 0 Å². The van der Waals surface area contributed by atoms with E-state index in [-0.39, 0.29) is 0 Å². The van der Waals surface area contributed by atoms with Crippen molar-refractivity contribution in [3.05, 3.63) is 0 Å². The van der Waals surface area contributed by atoms with Crippen LogP contribution < -0.4 is 0 Å². The van der Waals surface area contributed by atoms with Gasteiger partial charge in [0.1, 0.15) is 110 Å². The van der Waals surface area contributed by atoms with Crippen LogP contribution in [0, 0.1) is 0 Å². The van der Waals surface area contributed by atoms with Gasteiger partial charge in [-0.2, -0.15) is 0 Å². The van der Waals surface area contributed by atoms with Gasteiger partial charge in [-0.1, -0.05) is 0 Å². The first-order valence-electron chi connectivity index (χ1n) is 15.4. The van der Waals surface area contributed by atoms with E-state index in [4.69, 9.17) is 28.8 Å². The van der Waals surface area contributed by atoms with Crippen molar-refractivity contribution in [3.63, 3.8) is 0 Å². The molecule has 4 aliphatic rings. The molecule has 23 nitrogen and oxygen atoms in total. The highest BCUT2D eigenvalue weighted by atomic mass is 16.6. The topological polar surface area (TPSA) is 404 Å². The number of hydrogen-bond acceptors (Lipinski definition) is 22. The molecule has 0 aliphatic carbocycles. The summed E-state index contributed by atoms with van der Waals surface area (Å²) in [5.74, 6) is -3.36. The molecular formula is C27H44O23. The average molecular weight is 737 g/mol. The molecule has 20 atom stereocenters. The first kappa shape index (κ1) is 40.9. The Hall–Kier alpha value is -1.82. The summed E-state index contributed by atoms with van der Waals surface area (Å²) < 4.78 is 27.1. The Morgan fingerprint density at radius 2 is 1.06 bits per heavy atom. The van der Waals surface area contributed by atoms with Crippen molar-refractivity contribution < 1.29 is 115 Å². The summed E-state index contributed by atoms with van der Waals surface area (Å²) in [6, 6.07) is 0. The minimum Gasteiger partial charge on any atom is -0.481 e. The van der Waals surface area contributed by atoms with Crippen LogP contribution >= 0.6 is 0 Å². The lowest BCUT2D eigenvalue weighted by atomic mass is 9.63. The van der Waals surface area contributed by atoms with Crippen LogP contribution in [0.1, 0.15) is 6.42 Å². The predicted octanol–water partition coefficient (Wildman–Crippen LogP) is -10.9. The van der Waals surface area contributed by atoms with Crippen molar-refractivity contribution >= 4 is 11.9 Å². The molecule has 0 radical (unpaired) electrons. The molecule has 23 heteroatoms. The maximum absolute atomic E-state index is 12.7. The summed E-state index contributed by atoms with van der Waals surface area (Å²) in [5.41, 5.74) is -7.06. The van der Waals surface area contributed by atoms with E-state index in [0.29, 0.717) is 0 Å². The van der Waals surface area contributed by atoms with Gasteiger partial charge in [0.25, 0.3) is 0 Å². The van der Waals surface area contributed by atoms with E-state index in [0.717, 1.165) is 0 Å². The molecular weight excluding hydrogens is 692 g/mol. The summed E-state index contributed by atoms with van der Waals surface area (Å²) in [5, 5.41) is 170. The molecule has 0 aromatic carbocycles. The number of rotatable bonds is 10. The van der Waals surface area contributed by atoms with Crippen molar-refractivity contribution in [2.45, 2.75) is 127 Å². The molecule has 0 bridgehead atoms. The normalized spacial score (nSPS) is 50.7. The highest BCUT2D eigenvalue weighted by Crippen LogP contribution is 2.48. The van der Waals surface area contributed by atoms with Crippen LogP contribution in [0.15, 0.2) is 0 Å². The van der Waals surface area contributed by atoms with Crippen molar-refractivity contribution in [1.29, 1.82) is 0 Å².